The molecule has 0 atom stereocenters. The molecule has 0 spiro atoms. The van der Waals surface area contributed by atoms with Crippen molar-refractivity contribution < 1.29 is 23.6 Å². The molecule has 3 aromatic rings. The summed E-state index contributed by atoms with van der Waals surface area (Å²) in [5.41, 5.74) is 1.61. The number of benzene rings is 3. The van der Waals surface area contributed by atoms with E-state index in [-0.39, 0.29) is 35.1 Å². The van der Waals surface area contributed by atoms with Crippen LogP contribution in [0, 0.1) is 19.5 Å². The lowest BCUT2D eigenvalue weighted by atomic mass is 10.1. The van der Waals surface area contributed by atoms with Gasteiger partial charge in [-0.05, 0) is 81.9 Å². The Kier molecular flexibility index (Phi) is 7.27. The van der Waals surface area contributed by atoms with Gasteiger partial charge in [-0.1, -0.05) is 24.3 Å². The van der Waals surface area contributed by atoms with Crippen LogP contribution in [0.5, 0.6) is 5.75 Å². The molecule has 4 rings (SSSR count). The van der Waals surface area contributed by atoms with E-state index in [9.17, 15) is 24.1 Å². The summed E-state index contributed by atoms with van der Waals surface area (Å²) in [5, 5.41) is 10.9. The molecule has 34 heavy (non-hydrogen) atoms. The molecule has 0 aliphatic carbocycles. The number of nitro benzene ring substituents is 1. The molecule has 172 valence electrons. The highest BCUT2D eigenvalue weighted by atomic mass is 127. The number of hydrogen-bond acceptors (Lipinski definition) is 6. The molecule has 1 fully saturated rings. The van der Waals surface area contributed by atoms with Gasteiger partial charge < -0.3 is 4.74 Å². The number of nitro groups is 1. The van der Waals surface area contributed by atoms with Crippen LogP contribution in [-0.4, -0.2) is 21.0 Å². The highest BCUT2D eigenvalue weighted by Gasteiger charge is 2.35. The lowest BCUT2D eigenvalue weighted by molar-refractivity contribution is -0.384. The first kappa shape index (κ1) is 23.9. The van der Waals surface area contributed by atoms with Gasteiger partial charge >= 0.3 is 0 Å². The molecule has 1 aliphatic rings. The van der Waals surface area contributed by atoms with Gasteiger partial charge in [-0.25, -0.2) is 4.39 Å². The fraction of sp³-hybridized carbons (Fsp3) is 0.0833. The van der Waals surface area contributed by atoms with Crippen LogP contribution < -0.4 is 4.74 Å². The largest absolute Gasteiger partial charge is 0.488 e. The van der Waals surface area contributed by atoms with Gasteiger partial charge in [0.05, 0.1) is 16.4 Å². The van der Waals surface area contributed by atoms with Crippen molar-refractivity contribution in [3.05, 3.63) is 108 Å². The number of hydrogen-bond donors (Lipinski definition) is 0. The Bertz CT molecular complexity index is 1300. The van der Waals surface area contributed by atoms with E-state index in [0.717, 1.165) is 25.8 Å². The summed E-state index contributed by atoms with van der Waals surface area (Å²) in [6.45, 7) is 0.217. The standard InChI is InChI=1S/C24H16FIN2O5S/c25-18-5-1-16(2-6-18)14-33-21-10-9-20(28(31)32)11-17(21)12-22-23(29)27(24(30)34-22)13-15-3-7-19(26)8-4-15/h1-12H,13-14H2/b22-12-. The molecule has 0 N–H and O–H groups in total. The van der Waals surface area contributed by atoms with E-state index in [1.54, 1.807) is 12.1 Å². The summed E-state index contributed by atoms with van der Waals surface area (Å²) in [5.74, 6) is -0.565. The number of nitrogens with zero attached hydrogens (tertiary/aromatic N) is 2. The van der Waals surface area contributed by atoms with Gasteiger partial charge in [0.25, 0.3) is 16.8 Å². The van der Waals surface area contributed by atoms with Crippen LogP contribution in [0.1, 0.15) is 16.7 Å². The summed E-state index contributed by atoms with van der Waals surface area (Å²) in [6.07, 6.45) is 1.42. The maximum atomic E-state index is 13.1. The number of halogens is 2. The lowest BCUT2D eigenvalue weighted by Gasteiger charge is -2.12. The highest BCUT2D eigenvalue weighted by Crippen LogP contribution is 2.36. The Labute approximate surface area is 211 Å². The average molecular weight is 590 g/mol. The van der Waals surface area contributed by atoms with Crippen molar-refractivity contribution in [3.8, 4) is 5.75 Å². The Morgan fingerprint density at radius 1 is 1.03 bits per heavy atom. The summed E-state index contributed by atoms with van der Waals surface area (Å²) in [6, 6.07) is 17.2. The third-order valence-corrected chi connectivity index (χ3v) is 6.55. The predicted octanol–water partition coefficient (Wildman–Crippen LogP) is 6.15. The number of imide groups is 1. The Morgan fingerprint density at radius 3 is 2.38 bits per heavy atom. The van der Waals surface area contributed by atoms with Gasteiger partial charge in [0.15, 0.2) is 0 Å². The topological polar surface area (TPSA) is 89.7 Å². The number of thioether (sulfide) groups is 1. The SMILES string of the molecule is O=C1S/C(=C\c2cc([N+](=O)[O-])ccc2OCc2ccc(F)cc2)C(=O)N1Cc1ccc(I)cc1. The van der Waals surface area contributed by atoms with Gasteiger partial charge in [-0.2, -0.15) is 0 Å². The second-order valence-corrected chi connectivity index (χ2v) is 9.53. The molecular formula is C24H16FIN2O5S. The lowest BCUT2D eigenvalue weighted by Crippen LogP contribution is -2.27. The van der Waals surface area contributed by atoms with E-state index in [0.29, 0.717) is 11.3 Å². The van der Waals surface area contributed by atoms with Crippen LogP contribution in [0.4, 0.5) is 14.9 Å². The number of ether oxygens (including phenoxy) is 1. The zero-order valence-corrected chi connectivity index (χ0v) is 20.4. The predicted molar refractivity (Wildman–Crippen MR) is 135 cm³/mol. The molecule has 10 heteroatoms. The van der Waals surface area contributed by atoms with E-state index in [1.807, 2.05) is 24.3 Å². The Morgan fingerprint density at radius 2 is 1.71 bits per heavy atom. The van der Waals surface area contributed by atoms with Crippen molar-refractivity contribution in [1.29, 1.82) is 0 Å². The highest BCUT2D eigenvalue weighted by molar-refractivity contribution is 14.1. The van der Waals surface area contributed by atoms with Gasteiger partial charge in [-0.15, -0.1) is 0 Å². The monoisotopic (exact) mass is 590 g/mol. The number of carbonyl (C=O) groups is 2. The summed E-state index contributed by atoms with van der Waals surface area (Å²) >= 11 is 2.94. The zero-order valence-electron chi connectivity index (χ0n) is 17.4. The zero-order chi connectivity index (χ0) is 24.2. The van der Waals surface area contributed by atoms with Crippen molar-refractivity contribution in [2.24, 2.45) is 0 Å². The van der Waals surface area contributed by atoms with Crippen LogP contribution >= 0.6 is 34.4 Å². The molecule has 1 saturated heterocycles. The number of carbonyl (C=O) groups excluding carboxylic acids is 2. The molecule has 7 nitrogen and oxygen atoms in total. The third-order valence-electron chi connectivity index (χ3n) is 4.93. The van der Waals surface area contributed by atoms with Crippen molar-refractivity contribution >= 4 is 57.3 Å². The minimum absolute atomic E-state index is 0.0905. The Balaban J connectivity index is 1.59. The fourth-order valence-electron chi connectivity index (χ4n) is 3.19. The summed E-state index contributed by atoms with van der Waals surface area (Å²) in [4.78, 5) is 37.5. The van der Waals surface area contributed by atoms with E-state index in [2.05, 4.69) is 22.6 Å². The van der Waals surface area contributed by atoms with Gasteiger partial charge in [0, 0.05) is 21.3 Å². The quantitative estimate of drug-likeness (QED) is 0.142. The summed E-state index contributed by atoms with van der Waals surface area (Å²) in [7, 11) is 0. The fourth-order valence-corrected chi connectivity index (χ4v) is 4.37. The maximum absolute atomic E-state index is 13.1. The number of amides is 2. The van der Waals surface area contributed by atoms with Crippen molar-refractivity contribution in [1.82, 2.24) is 4.90 Å². The molecule has 0 aromatic heterocycles. The maximum Gasteiger partial charge on any atom is 0.293 e. The van der Waals surface area contributed by atoms with Gasteiger partial charge in [0.1, 0.15) is 18.2 Å². The first-order chi connectivity index (χ1) is 16.3. The molecular weight excluding hydrogens is 574 g/mol. The smallest absolute Gasteiger partial charge is 0.293 e. The number of non-ortho nitro benzene ring substituents is 1. The van der Waals surface area contributed by atoms with Gasteiger partial charge in [-0.3, -0.25) is 24.6 Å². The molecule has 0 radical (unpaired) electrons. The Hall–Kier alpha value is -3.25. The molecule has 0 saturated carbocycles. The first-order valence-electron chi connectivity index (χ1n) is 9.95. The molecule has 2 amide bonds. The minimum Gasteiger partial charge on any atom is -0.488 e. The van der Waals surface area contributed by atoms with Crippen molar-refractivity contribution in [2.75, 3.05) is 0 Å². The molecule has 0 bridgehead atoms. The second-order valence-electron chi connectivity index (χ2n) is 7.29. The number of rotatable bonds is 7. The second kappa shape index (κ2) is 10.3. The van der Waals surface area contributed by atoms with Crippen molar-refractivity contribution in [3.63, 3.8) is 0 Å². The van der Waals surface area contributed by atoms with Crippen molar-refractivity contribution in [2.45, 2.75) is 13.2 Å². The van der Waals surface area contributed by atoms with E-state index < -0.39 is 16.1 Å². The average Bonchev–Trinajstić information content (AvgIpc) is 3.08. The normalized spacial score (nSPS) is 14.6. The molecule has 3 aromatic carbocycles. The molecule has 1 aliphatic heterocycles. The third kappa shape index (κ3) is 5.62. The molecule has 0 unspecified atom stereocenters. The van der Waals surface area contributed by atoms with Crippen LogP contribution in [0.15, 0.2) is 71.6 Å². The summed E-state index contributed by atoms with van der Waals surface area (Å²) < 4.78 is 20.0. The van der Waals surface area contributed by atoms with Crippen LogP contribution in [0.25, 0.3) is 6.08 Å². The van der Waals surface area contributed by atoms with E-state index in [1.165, 1.54) is 36.4 Å². The van der Waals surface area contributed by atoms with E-state index >= 15 is 0 Å². The van der Waals surface area contributed by atoms with Crippen LogP contribution in [0.3, 0.4) is 0 Å². The van der Waals surface area contributed by atoms with Crippen LogP contribution in [0.2, 0.25) is 0 Å². The van der Waals surface area contributed by atoms with Gasteiger partial charge in [0.2, 0.25) is 0 Å². The molecule has 1 heterocycles. The van der Waals surface area contributed by atoms with E-state index in [4.69, 9.17) is 4.74 Å². The minimum atomic E-state index is -0.552. The van der Waals surface area contributed by atoms with Crippen LogP contribution in [-0.2, 0) is 17.9 Å². The first-order valence-corrected chi connectivity index (χ1v) is 11.8.